The van der Waals surface area contributed by atoms with Gasteiger partial charge in [0.2, 0.25) is 0 Å². The molecule has 42 heavy (non-hydrogen) atoms. The summed E-state index contributed by atoms with van der Waals surface area (Å²) in [6.45, 7) is 12.4. The van der Waals surface area contributed by atoms with Crippen LogP contribution in [0.15, 0.2) is 0 Å². The monoisotopic (exact) mass is 584 g/mol. The first-order valence-corrected chi connectivity index (χ1v) is 18.0. The fourth-order valence-electron chi connectivity index (χ4n) is 14.9. The topological polar surface area (TPSA) is 87.0 Å². The highest BCUT2D eigenvalue weighted by Crippen LogP contribution is 2.87. The Bertz CT molecular complexity index is 1120. The number of fused-ring (bicyclic) bond motifs is 3. The molecule has 5 nitrogen and oxygen atoms in total. The molecule has 0 aromatic heterocycles. The number of hydrogen-bond donors (Lipinski definition) is 3. The normalized spacial score (nSPS) is 57.9. The van der Waals surface area contributed by atoms with E-state index < -0.39 is 23.3 Å². The molecule has 0 unspecified atom stereocenters. The molecule has 1 aliphatic heterocycles. The van der Waals surface area contributed by atoms with Crippen LogP contribution in [0.1, 0.15) is 150 Å². The molecule has 238 valence electrons. The number of carboxylic acid groups (broad SMARTS) is 1. The molecule has 5 heteroatoms. The molecule has 7 fully saturated rings. The Labute approximate surface area is 254 Å². The molecular formula is C37H60O5. The molecule has 0 amide bonds. The first-order chi connectivity index (χ1) is 19.7. The molecule has 6 saturated carbocycles. The minimum atomic E-state index is -1.19. The number of aliphatic hydroxyl groups is 2. The van der Waals surface area contributed by atoms with E-state index in [9.17, 15) is 20.1 Å². The van der Waals surface area contributed by atoms with Crippen molar-refractivity contribution in [2.24, 2.45) is 55.7 Å². The standard InChI is InChI=1S/C37H60O5/c1-6-7-8-9-11-35-20-19-34-12-10-13-36(35,21-18-33-24-42-37(41,25(33)2)22-26(38)28(33)35)32(34,5)17-16-30(3)14-15-31(4,29(39)40)23-27(30)34/h25-28,38,41H,6-24H2,1-5H3,(H,39,40)/t25-,26+,27-,28-,30-,31-,32+,33+,34+,35+,36-,37+/m1/s1. The molecule has 4 bridgehead atoms. The number of unbranched alkanes of at least 4 members (excludes halogenated alkanes) is 3. The second-order valence-electron chi connectivity index (χ2n) is 18.0. The average molecular weight is 585 g/mol. The Hall–Kier alpha value is -0.650. The number of aliphatic hydroxyl groups excluding tert-OH is 1. The number of hydrogen-bond acceptors (Lipinski definition) is 4. The lowest BCUT2D eigenvalue weighted by atomic mass is 9.22. The van der Waals surface area contributed by atoms with Gasteiger partial charge < -0.3 is 20.1 Å². The van der Waals surface area contributed by atoms with Gasteiger partial charge >= 0.3 is 5.97 Å². The van der Waals surface area contributed by atoms with Crippen molar-refractivity contribution in [1.29, 1.82) is 0 Å². The van der Waals surface area contributed by atoms with E-state index in [4.69, 9.17) is 4.74 Å². The van der Waals surface area contributed by atoms with Gasteiger partial charge in [-0.05, 0) is 123 Å². The maximum atomic E-state index is 12.7. The van der Waals surface area contributed by atoms with Gasteiger partial charge in [-0.25, -0.2) is 0 Å². The maximum absolute atomic E-state index is 12.7. The van der Waals surface area contributed by atoms with Crippen molar-refractivity contribution in [2.45, 2.75) is 162 Å². The van der Waals surface area contributed by atoms with Gasteiger partial charge in [-0.1, -0.05) is 59.8 Å². The molecule has 3 N–H and O–H groups in total. The van der Waals surface area contributed by atoms with Gasteiger partial charge in [0.15, 0.2) is 5.79 Å². The SMILES string of the molecule is CCCCCC[C@@]12CC[C@]34CCC[C@@]1(CC[C@@]15CO[C@@](O)(C[C@H](O)[C@H]12)[C@@H]5C)[C@@]3(C)CC[C@@]1(C)CC[C@@](C)(C(=O)O)C[C@H]14. The number of carboxylic acids is 1. The lowest BCUT2D eigenvalue weighted by Crippen LogP contribution is -2.77. The third-order valence-corrected chi connectivity index (χ3v) is 17.2. The van der Waals surface area contributed by atoms with Crippen molar-refractivity contribution in [3.05, 3.63) is 0 Å². The zero-order valence-electron chi connectivity index (χ0n) is 27.4. The van der Waals surface area contributed by atoms with Gasteiger partial charge in [0, 0.05) is 17.8 Å². The van der Waals surface area contributed by atoms with Crippen LogP contribution in [0, 0.1) is 55.7 Å². The van der Waals surface area contributed by atoms with Gasteiger partial charge in [0.25, 0.3) is 0 Å². The third kappa shape index (κ3) is 3.30. The second kappa shape index (κ2) is 9.21. The van der Waals surface area contributed by atoms with Crippen molar-refractivity contribution in [2.75, 3.05) is 6.61 Å². The second-order valence-corrected chi connectivity index (χ2v) is 18.0. The average Bonchev–Trinajstić information content (AvgIpc) is 3.09. The fraction of sp³-hybridized carbons (Fsp3) is 0.973. The van der Waals surface area contributed by atoms with Crippen LogP contribution in [0.4, 0.5) is 0 Å². The predicted molar refractivity (Wildman–Crippen MR) is 164 cm³/mol. The van der Waals surface area contributed by atoms with E-state index in [0.717, 1.165) is 25.7 Å². The number of carbonyl (C=O) groups is 1. The van der Waals surface area contributed by atoms with E-state index in [1.165, 1.54) is 83.5 Å². The van der Waals surface area contributed by atoms with E-state index in [-0.39, 0.29) is 44.3 Å². The lowest BCUT2D eigenvalue weighted by Gasteiger charge is -2.82. The van der Waals surface area contributed by atoms with Crippen LogP contribution in [-0.2, 0) is 9.53 Å². The Morgan fingerprint density at radius 3 is 2.38 bits per heavy atom. The maximum Gasteiger partial charge on any atom is 0.309 e. The highest BCUT2D eigenvalue weighted by molar-refractivity contribution is 5.74. The van der Waals surface area contributed by atoms with E-state index >= 15 is 0 Å². The van der Waals surface area contributed by atoms with Crippen LogP contribution >= 0.6 is 0 Å². The summed E-state index contributed by atoms with van der Waals surface area (Å²) in [5, 5.41) is 34.2. The van der Waals surface area contributed by atoms with E-state index in [2.05, 4.69) is 27.7 Å². The van der Waals surface area contributed by atoms with Gasteiger partial charge in [0.1, 0.15) is 0 Å². The number of ether oxygens (including phenoxy) is 1. The molecule has 12 atom stereocenters. The Kier molecular flexibility index (Phi) is 6.59. The zero-order valence-corrected chi connectivity index (χ0v) is 27.4. The Morgan fingerprint density at radius 1 is 0.881 bits per heavy atom. The molecular weight excluding hydrogens is 524 g/mol. The van der Waals surface area contributed by atoms with E-state index in [1.54, 1.807) is 0 Å². The molecule has 1 heterocycles. The lowest BCUT2D eigenvalue weighted by molar-refractivity contribution is -0.350. The van der Waals surface area contributed by atoms with E-state index in [0.29, 0.717) is 18.9 Å². The van der Waals surface area contributed by atoms with Crippen LogP contribution in [0.2, 0.25) is 0 Å². The van der Waals surface area contributed by atoms with Crippen LogP contribution in [-0.4, -0.2) is 39.8 Å². The quantitative estimate of drug-likeness (QED) is 0.275. The summed E-state index contributed by atoms with van der Waals surface area (Å²) in [6.07, 6.45) is 19.6. The summed E-state index contributed by atoms with van der Waals surface area (Å²) in [6, 6.07) is 0. The van der Waals surface area contributed by atoms with Gasteiger partial charge in [0.05, 0.1) is 18.1 Å². The van der Waals surface area contributed by atoms with Crippen molar-refractivity contribution in [1.82, 2.24) is 0 Å². The van der Waals surface area contributed by atoms with Crippen molar-refractivity contribution in [3.8, 4) is 0 Å². The molecule has 0 aromatic carbocycles. The summed E-state index contributed by atoms with van der Waals surface area (Å²) in [7, 11) is 0. The molecule has 1 saturated heterocycles. The van der Waals surface area contributed by atoms with Crippen molar-refractivity contribution in [3.63, 3.8) is 0 Å². The highest BCUT2D eigenvalue weighted by Gasteiger charge is 2.82. The molecule has 0 aromatic rings. The van der Waals surface area contributed by atoms with Crippen molar-refractivity contribution < 1.29 is 24.9 Å². The Morgan fingerprint density at radius 2 is 1.64 bits per heavy atom. The summed E-state index contributed by atoms with van der Waals surface area (Å²) >= 11 is 0. The summed E-state index contributed by atoms with van der Waals surface area (Å²) < 4.78 is 6.28. The number of aliphatic carboxylic acids is 1. The minimum absolute atomic E-state index is 0.0515. The molecule has 0 radical (unpaired) electrons. The predicted octanol–water partition coefficient (Wildman–Crippen LogP) is 8.11. The number of rotatable bonds is 6. The van der Waals surface area contributed by atoms with Crippen LogP contribution in [0.25, 0.3) is 0 Å². The summed E-state index contributed by atoms with van der Waals surface area (Å²) in [4.78, 5) is 12.7. The summed E-state index contributed by atoms with van der Waals surface area (Å²) in [5.41, 5.74) is 0.0259. The molecule has 6 aliphatic carbocycles. The minimum Gasteiger partial charge on any atom is -0.481 e. The van der Waals surface area contributed by atoms with Gasteiger partial charge in [-0.3, -0.25) is 4.79 Å². The van der Waals surface area contributed by atoms with Crippen LogP contribution < -0.4 is 0 Å². The van der Waals surface area contributed by atoms with Crippen LogP contribution in [0.5, 0.6) is 0 Å². The molecule has 7 aliphatic rings. The van der Waals surface area contributed by atoms with Gasteiger partial charge in [-0.15, -0.1) is 0 Å². The smallest absolute Gasteiger partial charge is 0.309 e. The Balaban J connectivity index is 1.38. The van der Waals surface area contributed by atoms with E-state index in [1.807, 2.05) is 6.92 Å². The first-order valence-electron chi connectivity index (χ1n) is 18.0. The summed E-state index contributed by atoms with van der Waals surface area (Å²) in [5.74, 6) is -1.09. The molecule has 7 rings (SSSR count). The van der Waals surface area contributed by atoms with Gasteiger partial charge in [-0.2, -0.15) is 0 Å². The largest absolute Gasteiger partial charge is 0.481 e. The molecule has 2 spiro atoms. The third-order valence-electron chi connectivity index (χ3n) is 17.2. The highest BCUT2D eigenvalue weighted by atomic mass is 16.6. The first kappa shape index (κ1) is 30.0. The van der Waals surface area contributed by atoms with Crippen LogP contribution in [0.3, 0.4) is 0 Å². The fourth-order valence-corrected chi connectivity index (χ4v) is 14.9. The zero-order chi connectivity index (χ0) is 30.0. The van der Waals surface area contributed by atoms with Crippen molar-refractivity contribution >= 4 is 5.97 Å².